The number of aliphatic carboxylic acids is 1. The second kappa shape index (κ2) is 6.21. The molecule has 1 aliphatic rings. The lowest BCUT2D eigenvalue weighted by Crippen LogP contribution is -2.47. The van der Waals surface area contributed by atoms with E-state index in [2.05, 4.69) is 30.7 Å². The smallest absolute Gasteiger partial charge is 0.307 e. The Labute approximate surface area is 98.2 Å². The highest BCUT2D eigenvalue weighted by molar-refractivity contribution is 5.70. The highest BCUT2D eigenvalue weighted by Crippen LogP contribution is 2.14. The second-order valence-electron chi connectivity index (χ2n) is 5.27. The molecule has 1 saturated heterocycles. The number of carboxylic acids is 1. The van der Waals surface area contributed by atoms with Crippen molar-refractivity contribution >= 4 is 5.97 Å². The number of piperazine rings is 1. The number of rotatable bonds is 5. The Hall–Kier alpha value is -0.610. The van der Waals surface area contributed by atoms with Crippen LogP contribution in [0, 0.1) is 11.8 Å². The molecule has 1 unspecified atom stereocenters. The minimum atomic E-state index is -0.646. The van der Waals surface area contributed by atoms with Crippen molar-refractivity contribution in [3.8, 4) is 0 Å². The van der Waals surface area contributed by atoms with Crippen LogP contribution < -0.4 is 0 Å². The maximum atomic E-state index is 11.1. The summed E-state index contributed by atoms with van der Waals surface area (Å²) in [5.41, 5.74) is 0. The molecular formula is C12H24N2O2. The van der Waals surface area contributed by atoms with Crippen molar-refractivity contribution in [2.75, 3.05) is 39.8 Å². The average molecular weight is 228 g/mol. The first-order chi connectivity index (χ1) is 7.49. The monoisotopic (exact) mass is 228 g/mol. The Morgan fingerprint density at radius 1 is 1.25 bits per heavy atom. The summed E-state index contributed by atoms with van der Waals surface area (Å²) in [4.78, 5) is 15.7. The first-order valence-electron chi connectivity index (χ1n) is 6.12. The van der Waals surface area contributed by atoms with Crippen LogP contribution in [-0.4, -0.2) is 60.6 Å². The van der Waals surface area contributed by atoms with E-state index in [0.29, 0.717) is 12.5 Å². The van der Waals surface area contributed by atoms with Gasteiger partial charge in [-0.1, -0.05) is 13.8 Å². The maximum Gasteiger partial charge on any atom is 0.307 e. The highest BCUT2D eigenvalue weighted by atomic mass is 16.4. The quantitative estimate of drug-likeness (QED) is 0.762. The van der Waals surface area contributed by atoms with Crippen molar-refractivity contribution in [1.29, 1.82) is 0 Å². The van der Waals surface area contributed by atoms with E-state index < -0.39 is 5.97 Å². The van der Waals surface area contributed by atoms with Crippen LogP contribution in [-0.2, 0) is 4.79 Å². The van der Waals surface area contributed by atoms with Gasteiger partial charge in [0.05, 0.1) is 5.92 Å². The van der Waals surface area contributed by atoms with Crippen molar-refractivity contribution in [2.24, 2.45) is 11.8 Å². The number of likely N-dealkylation sites (N-methyl/N-ethyl adjacent to an activating group) is 1. The maximum absolute atomic E-state index is 11.1. The number of carbonyl (C=O) groups is 1. The third-order valence-electron chi connectivity index (χ3n) is 3.18. The van der Waals surface area contributed by atoms with Crippen molar-refractivity contribution in [3.05, 3.63) is 0 Å². The molecule has 1 aliphatic heterocycles. The molecule has 94 valence electrons. The molecule has 0 aromatic heterocycles. The van der Waals surface area contributed by atoms with E-state index in [1.165, 1.54) is 0 Å². The van der Waals surface area contributed by atoms with E-state index in [1.807, 2.05) is 0 Å². The Bertz CT molecular complexity index is 223. The van der Waals surface area contributed by atoms with Gasteiger partial charge in [0.25, 0.3) is 0 Å². The fraction of sp³-hybridized carbons (Fsp3) is 0.917. The first kappa shape index (κ1) is 13.5. The van der Waals surface area contributed by atoms with Gasteiger partial charge in [-0.3, -0.25) is 9.69 Å². The van der Waals surface area contributed by atoms with Crippen LogP contribution >= 0.6 is 0 Å². The molecule has 4 nitrogen and oxygen atoms in total. The third-order valence-corrected chi connectivity index (χ3v) is 3.18. The summed E-state index contributed by atoms with van der Waals surface area (Å²) in [5, 5.41) is 9.17. The van der Waals surface area contributed by atoms with Gasteiger partial charge in [-0.05, 0) is 19.4 Å². The van der Waals surface area contributed by atoms with Gasteiger partial charge in [0, 0.05) is 32.7 Å². The summed E-state index contributed by atoms with van der Waals surface area (Å²) in [7, 11) is 2.11. The van der Waals surface area contributed by atoms with Crippen molar-refractivity contribution in [2.45, 2.75) is 20.3 Å². The molecule has 1 N–H and O–H groups in total. The van der Waals surface area contributed by atoms with Crippen molar-refractivity contribution in [3.63, 3.8) is 0 Å². The molecule has 0 aromatic carbocycles. The molecule has 1 atom stereocenters. The van der Waals surface area contributed by atoms with Gasteiger partial charge in [-0.25, -0.2) is 0 Å². The largest absolute Gasteiger partial charge is 0.481 e. The predicted molar refractivity (Wildman–Crippen MR) is 64.5 cm³/mol. The molecule has 1 fully saturated rings. The van der Waals surface area contributed by atoms with Gasteiger partial charge in [0.15, 0.2) is 0 Å². The normalized spacial score (nSPS) is 21.2. The van der Waals surface area contributed by atoms with E-state index in [0.717, 1.165) is 32.6 Å². The Morgan fingerprint density at radius 2 is 1.81 bits per heavy atom. The average Bonchev–Trinajstić information content (AvgIpc) is 2.19. The topological polar surface area (TPSA) is 43.8 Å². The fourth-order valence-corrected chi connectivity index (χ4v) is 2.16. The lowest BCUT2D eigenvalue weighted by atomic mass is 9.96. The molecule has 0 amide bonds. The molecule has 0 aliphatic carbocycles. The summed E-state index contributed by atoms with van der Waals surface area (Å²) >= 11 is 0. The van der Waals surface area contributed by atoms with Crippen molar-refractivity contribution < 1.29 is 9.90 Å². The van der Waals surface area contributed by atoms with Crippen LogP contribution in [0.3, 0.4) is 0 Å². The van der Waals surface area contributed by atoms with Gasteiger partial charge >= 0.3 is 5.97 Å². The molecular weight excluding hydrogens is 204 g/mol. The van der Waals surface area contributed by atoms with Crippen LogP contribution in [0.1, 0.15) is 20.3 Å². The molecule has 0 spiro atoms. The van der Waals surface area contributed by atoms with E-state index in [9.17, 15) is 4.79 Å². The minimum absolute atomic E-state index is 0.205. The molecule has 4 heteroatoms. The standard InChI is InChI=1S/C12H24N2O2/c1-10(2)8-11(12(15)16)9-14-6-4-13(3)5-7-14/h10-11H,4-9H2,1-3H3,(H,15,16). The van der Waals surface area contributed by atoms with E-state index in [4.69, 9.17) is 5.11 Å². The summed E-state index contributed by atoms with van der Waals surface area (Å²) in [6, 6.07) is 0. The van der Waals surface area contributed by atoms with Gasteiger partial charge in [-0.15, -0.1) is 0 Å². The van der Waals surface area contributed by atoms with Crippen LogP contribution in [0.2, 0.25) is 0 Å². The number of hydrogen-bond acceptors (Lipinski definition) is 3. The molecule has 1 heterocycles. The zero-order valence-corrected chi connectivity index (χ0v) is 10.6. The first-order valence-corrected chi connectivity index (χ1v) is 6.12. The lowest BCUT2D eigenvalue weighted by molar-refractivity contribution is -0.143. The summed E-state index contributed by atoms with van der Waals surface area (Å²) in [6.45, 7) is 8.97. The highest BCUT2D eigenvalue weighted by Gasteiger charge is 2.23. The minimum Gasteiger partial charge on any atom is -0.481 e. The Kier molecular flexibility index (Phi) is 5.22. The molecule has 16 heavy (non-hydrogen) atoms. The summed E-state index contributed by atoms with van der Waals surface area (Å²) in [5.74, 6) is -0.399. The summed E-state index contributed by atoms with van der Waals surface area (Å²) in [6.07, 6.45) is 0.779. The van der Waals surface area contributed by atoms with Gasteiger partial charge in [0.2, 0.25) is 0 Å². The SMILES string of the molecule is CC(C)CC(CN1CCN(C)CC1)C(=O)O. The number of carboxylic acid groups (broad SMARTS) is 1. The van der Waals surface area contributed by atoms with E-state index in [1.54, 1.807) is 0 Å². The number of hydrogen-bond donors (Lipinski definition) is 1. The zero-order chi connectivity index (χ0) is 12.1. The summed E-state index contributed by atoms with van der Waals surface area (Å²) < 4.78 is 0. The molecule has 0 radical (unpaired) electrons. The molecule has 0 saturated carbocycles. The lowest BCUT2D eigenvalue weighted by Gasteiger charge is -2.34. The van der Waals surface area contributed by atoms with Crippen molar-refractivity contribution in [1.82, 2.24) is 9.80 Å². The van der Waals surface area contributed by atoms with Crippen LogP contribution in [0.15, 0.2) is 0 Å². The Morgan fingerprint density at radius 3 is 2.25 bits per heavy atom. The fourth-order valence-electron chi connectivity index (χ4n) is 2.16. The van der Waals surface area contributed by atoms with E-state index >= 15 is 0 Å². The van der Waals surface area contributed by atoms with Crippen LogP contribution in [0.5, 0.6) is 0 Å². The Balaban J connectivity index is 2.39. The second-order valence-corrected chi connectivity index (χ2v) is 5.27. The van der Waals surface area contributed by atoms with Crippen LogP contribution in [0.25, 0.3) is 0 Å². The predicted octanol–water partition coefficient (Wildman–Crippen LogP) is 0.981. The number of nitrogens with zero attached hydrogens (tertiary/aromatic N) is 2. The third kappa shape index (κ3) is 4.49. The zero-order valence-electron chi connectivity index (χ0n) is 10.6. The van der Waals surface area contributed by atoms with Gasteiger partial charge in [0.1, 0.15) is 0 Å². The van der Waals surface area contributed by atoms with E-state index in [-0.39, 0.29) is 5.92 Å². The molecule has 1 rings (SSSR count). The van der Waals surface area contributed by atoms with Gasteiger partial charge < -0.3 is 10.0 Å². The molecule has 0 bridgehead atoms. The molecule has 0 aromatic rings. The van der Waals surface area contributed by atoms with Crippen LogP contribution in [0.4, 0.5) is 0 Å². The van der Waals surface area contributed by atoms with Gasteiger partial charge in [-0.2, -0.15) is 0 Å².